The number of aliphatic hydroxyl groups is 1. The Labute approximate surface area is 144 Å². The second kappa shape index (κ2) is 6.78. The van der Waals surface area contributed by atoms with Gasteiger partial charge >= 0.3 is 18.2 Å². The average Bonchev–Trinajstić information content (AvgIpc) is 2.53. The molecule has 0 aliphatic carbocycles. The Bertz CT molecular complexity index is 741. The van der Waals surface area contributed by atoms with Gasteiger partial charge in [0.15, 0.2) is 0 Å². The summed E-state index contributed by atoms with van der Waals surface area (Å²) in [6.07, 6.45) is -5.45. The highest BCUT2D eigenvalue weighted by Gasteiger charge is 2.67. The van der Waals surface area contributed by atoms with Crippen LogP contribution >= 0.6 is 0 Å². The van der Waals surface area contributed by atoms with E-state index in [-0.39, 0.29) is 12.2 Å². The van der Waals surface area contributed by atoms with Gasteiger partial charge in [0.05, 0.1) is 23.1 Å². The number of rotatable bonds is 4. The van der Waals surface area contributed by atoms with Crippen LogP contribution in [0.1, 0.15) is 18.5 Å². The molecule has 12 heteroatoms. The Balaban J connectivity index is 2.67. The third-order valence-electron chi connectivity index (χ3n) is 3.82. The van der Waals surface area contributed by atoms with Crippen molar-refractivity contribution in [2.75, 3.05) is 6.61 Å². The number of nitro benzene ring substituents is 1. The van der Waals surface area contributed by atoms with Crippen molar-refractivity contribution in [1.29, 1.82) is 0 Å². The highest BCUT2D eigenvalue weighted by atomic mass is 19.4. The van der Waals surface area contributed by atoms with Gasteiger partial charge in [0.1, 0.15) is 5.92 Å². The van der Waals surface area contributed by atoms with Gasteiger partial charge in [0, 0.05) is 6.07 Å². The summed E-state index contributed by atoms with van der Waals surface area (Å²) in [7, 11) is 0. The molecular formula is C14H14F3N3O6. The second-order valence-corrected chi connectivity index (χ2v) is 5.39. The number of urea groups is 1. The minimum Gasteiger partial charge on any atom is -0.466 e. The number of nitrogens with one attached hydrogen (secondary N) is 2. The molecule has 0 aromatic heterocycles. The summed E-state index contributed by atoms with van der Waals surface area (Å²) in [6.45, 7) is 1.03. The van der Waals surface area contributed by atoms with Crippen LogP contribution in [0.15, 0.2) is 24.3 Å². The summed E-state index contributed by atoms with van der Waals surface area (Å²) in [5.74, 6) is -3.90. The molecule has 142 valence electrons. The number of benzene rings is 1. The molecule has 1 aromatic rings. The van der Waals surface area contributed by atoms with Crippen molar-refractivity contribution in [3.63, 3.8) is 0 Å². The molecule has 1 saturated heterocycles. The van der Waals surface area contributed by atoms with E-state index in [0.717, 1.165) is 12.1 Å². The molecule has 3 atom stereocenters. The zero-order valence-corrected chi connectivity index (χ0v) is 13.2. The lowest BCUT2D eigenvalue weighted by Gasteiger charge is -2.44. The van der Waals surface area contributed by atoms with E-state index in [2.05, 4.69) is 4.74 Å². The molecule has 2 rings (SSSR count). The van der Waals surface area contributed by atoms with Gasteiger partial charge in [-0.3, -0.25) is 14.9 Å². The SMILES string of the molecule is CCOC(=O)[C@@H]1[C@@H](c2ccccc2[N+](=O)[O-])NC(=O)N[C@@]1(O)C(F)(F)F. The molecule has 3 N–H and O–H groups in total. The van der Waals surface area contributed by atoms with E-state index in [0.29, 0.717) is 0 Å². The molecule has 1 heterocycles. The molecule has 0 bridgehead atoms. The number of esters is 1. The Kier molecular flexibility index (Phi) is 5.07. The maximum Gasteiger partial charge on any atom is 0.437 e. The first kappa shape index (κ1) is 19.4. The molecule has 0 spiro atoms. The van der Waals surface area contributed by atoms with Crippen LogP contribution in [0.2, 0.25) is 0 Å². The average molecular weight is 377 g/mol. The van der Waals surface area contributed by atoms with Crippen molar-refractivity contribution in [2.45, 2.75) is 24.9 Å². The standard InChI is InChI=1S/C14H14F3N3O6/c1-2-26-11(21)9-10(7-5-3-4-6-8(7)20(24)25)18-12(22)19-13(9,23)14(15,16)17/h3-6,9-10,23H,2H2,1H3,(H2,18,19,22)/t9-,10+,13-/m0/s1. The zero-order valence-electron chi connectivity index (χ0n) is 13.2. The van der Waals surface area contributed by atoms with Crippen LogP contribution in [0, 0.1) is 16.0 Å². The van der Waals surface area contributed by atoms with Crippen LogP contribution in [0.3, 0.4) is 0 Å². The molecule has 26 heavy (non-hydrogen) atoms. The Morgan fingerprint density at radius 2 is 2.04 bits per heavy atom. The number of amides is 2. The molecule has 1 fully saturated rings. The fraction of sp³-hybridized carbons (Fsp3) is 0.429. The molecule has 1 aliphatic heterocycles. The number of carbonyl (C=O) groups is 2. The monoisotopic (exact) mass is 377 g/mol. The maximum atomic E-state index is 13.5. The fourth-order valence-electron chi connectivity index (χ4n) is 2.71. The van der Waals surface area contributed by atoms with Gasteiger partial charge < -0.3 is 20.5 Å². The molecule has 1 aromatic carbocycles. The van der Waals surface area contributed by atoms with Gasteiger partial charge in [0.2, 0.25) is 0 Å². The summed E-state index contributed by atoms with van der Waals surface area (Å²) < 4.78 is 45.0. The number of nitro groups is 1. The normalized spacial score (nSPS) is 25.8. The third-order valence-corrected chi connectivity index (χ3v) is 3.82. The van der Waals surface area contributed by atoms with Crippen LogP contribution in [-0.2, 0) is 9.53 Å². The molecular weight excluding hydrogens is 363 g/mol. The molecule has 0 radical (unpaired) electrons. The van der Waals surface area contributed by atoms with Gasteiger partial charge in [0.25, 0.3) is 11.4 Å². The molecule has 9 nitrogen and oxygen atoms in total. The lowest BCUT2D eigenvalue weighted by Crippen LogP contribution is -2.73. The van der Waals surface area contributed by atoms with E-state index in [4.69, 9.17) is 0 Å². The number of ether oxygens (including phenoxy) is 1. The maximum absolute atomic E-state index is 13.5. The topological polar surface area (TPSA) is 131 Å². The minimum absolute atomic E-state index is 0.305. The van der Waals surface area contributed by atoms with Crippen LogP contribution in [0.25, 0.3) is 0 Å². The van der Waals surface area contributed by atoms with Crippen LogP contribution in [0.4, 0.5) is 23.7 Å². The number of para-hydroxylation sites is 1. The number of nitrogens with zero attached hydrogens (tertiary/aromatic N) is 1. The largest absolute Gasteiger partial charge is 0.466 e. The molecule has 1 aliphatic rings. The molecule has 2 amide bonds. The number of hydrogen-bond acceptors (Lipinski definition) is 6. The number of halogens is 3. The van der Waals surface area contributed by atoms with Gasteiger partial charge in [-0.25, -0.2) is 4.79 Å². The van der Waals surface area contributed by atoms with E-state index in [1.165, 1.54) is 24.4 Å². The van der Waals surface area contributed by atoms with Crippen LogP contribution < -0.4 is 10.6 Å². The summed E-state index contributed by atoms with van der Waals surface area (Å²) in [6, 6.07) is 1.32. The summed E-state index contributed by atoms with van der Waals surface area (Å²) in [5.41, 5.74) is -4.98. The van der Waals surface area contributed by atoms with Crippen molar-refractivity contribution in [1.82, 2.24) is 10.6 Å². The quantitative estimate of drug-likeness (QED) is 0.413. The lowest BCUT2D eigenvalue weighted by atomic mass is 9.81. The Hall–Kier alpha value is -2.89. The second-order valence-electron chi connectivity index (χ2n) is 5.39. The minimum atomic E-state index is -5.45. The van der Waals surface area contributed by atoms with Crippen molar-refractivity contribution in [3.8, 4) is 0 Å². The highest BCUT2D eigenvalue weighted by molar-refractivity contribution is 5.83. The zero-order chi connectivity index (χ0) is 19.7. The fourth-order valence-corrected chi connectivity index (χ4v) is 2.71. The van der Waals surface area contributed by atoms with Gasteiger partial charge in [-0.2, -0.15) is 13.2 Å². The number of hydrogen-bond donors (Lipinski definition) is 3. The summed E-state index contributed by atoms with van der Waals surface area (Å²) >= 11 is 0. The Morgan fingerprint density at radius 3 is 2.58 bits per heavy atom. The first-order valence-electron chi connectivity index (χ1n) is 7.30. The van der Waals surface area contributed by atoms with E-state index in [1.54, 1.807) is 0 Å². The number of alkyl halides is 3. The molecule has 0 saturated carbocycles. The van der Waals surface area contributed by atoms with E-state index in [9.17, 15) is 38.0 Å². The Morgan fingerprint density at radius 1 is 1.42 bits per heavy atom. The first-order chi connectivity index (χ1) is 12.0. The number of carbonyl (C=O) groups excluding carboxylic acids is 2. The van der Waals surface area contributed by atoms with Crippen molar-refractivity contribution in [2.24, 2.45) is 5.92 Å². The predicted molar refractivity (Wildman–Crippen MR) is 78.6 cm³/mol. The van der Waals surface area contributed by atoms with Crippen molar-refractivity contribution >= 4 is 17.7 Å². The third kappa shape index (κ3) is 3.27. The van der Waals surface area contributed by atoms with E-state index >= 15 is 0 Å². The van der Waals surface area contributed by atoms with Crippen molar-refractivity contribution < 1.29 is 37.5 Å². The first-order valence-corrected chi connectivity index (χ1v) is 7.30. The smallest absolute Gasteiger partial charge is 0.437 e. The lowest BCUT2D eigenvalue weighted by molar-refractivity contribution is -0.386. The van der Waals surface area contributed by atoms with Crippen LogP contribution in [-0.4, -0.2) is 40.5 Å². The summed E-state index contributed by atoms with van der Waals surface area (Å²) in [4.78, 5) is 34.2. The predicted octanol–water partition coefficient (Wildman–Crippen LogP) is 1.38. The summed E-state index contributed by atoms with van der Waals surface area (Å²) in [5, 5.41) is 24.6. The van der Waals surface area contributed by atoms with E-state index in [1.807, 2.05) is 5.32 Å². The highest BCUT2D eigenvalue weighted by Crippen LogP contribution is 2.44. The van der Waals surface area contributed by atoms with E-state index < -0.39 is 46.5 Å². The van der Waals surface area contributed by atoms with Crippen LogP contribution in [0.5, 0.6) is 0 Å². The van der Waals surface area contributed by atoms with Gasteiger partial charge in [-0.15, -0.1) is 0 Å². The molecule has 0 unspecified atom stereocenters. The van der Waals surface area contributed by atoms with Crippen molar-refractivity contribution in [3.05, 3.63) is 39.9 Å². The van der Waals surface area contributed by atoms with Gasteiger partial charge in [-0.1, -0.05) is 18.2 Å². The van der Waals surface area contributed by atoms with Gasteiger partial charge in [-0.05, 0) is 6.92 Å².